The van der Waals surface area contributed by atoms with E-state index < -0.39 is 0 Å². The van der Waals surface area contributed by atoms with Crippen LogP contribution < -0.4 is 14.2 Å². The first kappa shape index (κ1) is 13.9. The Morgan fingerprint density at radius 2 is 1.90 bits per heavy atom. The average Bonchev–Trinajstić information content (AvgIpc) is 2.52. The van der Waals surface area contributed by atoms with E-state index in [4.69, 9.17) is 14.2 Å². The van der Waals surface area contributed by atoms with Crippen molar-refractivity contribution in [3.63, 3.8) is 0 Å². The van der Waals surface area contributed by atoms with Gasteiger partial charge in [-0.1, -0.05) is 12.1 Å². The fourth-order valence-corrected chi connectivity index (χ4v) is 1.74. The Hall–Kier alpha value is -2.56. The highest BCUT2D eigenvalue weighted by Crippen LogP contribution is 2.30. The molecule has 0 fully saturated rings. The molecule has 0 aliphatic heterocycles. The monoisotopic (exact) mass is 273 g/mol. The van der Waals surface area contributed by atoms with Crippen molar-refractivity contribution < 1.29 is 19.0 Å². The van der Waals surface area contributed by atoms with Crippen molar-refractivity contribution in [2.75, 3.05) is 14.2 Å². The van der Waals surface area contributed by atoms with E-state index in [1.54, 1.807) is 31.4 Å². The number of methoxy groups -OCH3 is 2. The lowest BCUT2D eigenvalue weighted by molar-refractivity contribution is 0.111. The molecule has 0 unspecified atom stereocenters. The van der Waals surface area contributed by atoms with Crippen LogP contribution in [0, 0.1) is 0 Å². The number of carbonyl (C=O) groups excluding carboxylic acids is 1. The van der Waals surface area contributed by atoms with E-state index in [1.807, 2.05) is 12.1 Å². The second-order valence-corrected chi connectivity index (χ2v) is 3.96. The molecule has 0 aliphatic rings. The average molecular weight is 273 g/mol. The number of benzene rings is 1. The van der Waals surface area contributed by atoms with E-state index in [9.17, 15) is 4.79 Å². The Bertz CT molecular complexity index is 598. The topological polar surface area (TPSA) is 57.7 Å². The third kappa shape index (κ3) is 3.06. The number of para-hydroxylation sites is 1. The predicted octanol–water partition coefficient (Wildman–Crippen LogP) is 2.49. The Kier molecular flexibility index (Phi) is 4.55. The molecular weight excluding hydrogens is 258 g/mol. The standard InChI is InChI=1S/C15H15NO4/c1-18-13-7-3-5-11(9-17)15(13)20-10-12-6-4-8-14(16-12)19-2/h3-9H,10H2,1-2H3. The zero-order chi connectivity index (χ0) is 14.4. The van der Waals surface area contributed by atoms with Crippen LogP contribution in [0.25, 0.3) is 0 Å². The van der Waals surface area contributed by atoms with Crippen LogP contribution in [0.4, 0.5) is 0 Å². The van der Waals surface area contributed by atoms with Crippen LogP contribution in [0.3, 0.4) is 0 Å². The molecule has 0 aliphatic carbocycles. The first-order valence-corrected chi connectivity index (χ1v) is 6.03. The fourth-order valence-electron chi connectivity index (χ4n) is 1.74. The summed E-state index contributed by atoms with van der Waals surface area (Å²) < 4.78 is 15.9. The molecule has 0 saturated carbocycles. The van der Waals surface area contributed by atoms with Crippen molar-refractivity contribution in [1.29, 1.82) is 0 Å². The Morgan fingerprint density at radius 3 is 2.60 bits per heavy atom. The molecule has 1 aromatic heterocycles. The molecule has 1 heterocycles. The number of pyridine rings is 1. The summed E-state index contributed by atoms with van der Waals surface area (Å²) in [6.07, 6.45) is 0.733. The predicted molar refractivity (Wildman–Crippen MR) is 73.5 cm³/mol. The van der Waals surface area contributed by atoms with Crippen molar-refractivity contribution >= 4 is 6.29 Å². The zero-order valence-electron chi connectivity index (χ0n) is 11.3. The number of aldehydes is 1. The second-order valence-electron chi connectivity index (χ2n) is 3.96. The molecule has 0 radical (unpaired) electrons. The quantitative estimate of drug-likeness (QED) is 0.757. The highest BCUT2D eigenvalue weighted by Gasteiger charge is 2.10. The van der Waals surface area contributed by atoms with Crippen LogP contribution in [-0.4, -0.2) is 25.5 Å². The van der Waals surface area contributed by atoms with Crippen LogP contribution in [0.1, 0.15) is 16.1 Å². The first-order chi connectivity index (χ1) is 9.78. The number of carbonyl (C=O) groups is 1. The van der Waals surface area contributed by atoms with Crippen molar-refractivity contribution in [3.05, 3.63) is 47.7 Å². The third-order valence-electron chi connectivity index (χ3n) is 2.71. The van der Waals surface area contributed by atoms with Crippen LogP contribution in [0.5, 0.6) is 17.4 Å². The van der Waals surface area contributed by atoms with Crippen molar-refractivity contribution in [1.82, 2.24) is 4.98 Å². The number of hydrogen-bond acceptors (Lipinski definition) is 5. The zero-order valence-corrected chi connectivity index (χ0v) is 11.3. The highest BCUT2D eigenvalue weighted by atomic mass is 16.5. The highest BCUT2D eigenvalue weighted by molar-refractivity contribution is 5.81. The van der Waals surface area contributed by atoms with E-state index >= 15 is 0 Å². The lowest BCUT2D eigenvalue weighted by Crippen LogP contribution is -2.03. The molecular formula is C15H15NO4. The van der Waals surface area contributed by atoms with Crippen molar-refractivity contribution in [2.45, 2.75) is 6.61 Å². The van der Waals surface area contributed by atoms with Gasteiger partial charge >= 0.3 is 0 Å². The molecule has 1 aromatic carbocycles. The maximum Gasteiger partial charge on any atom is 0.213 e. The summed E-state index contributed by atoms with van der Waals surface area (Å²) in [7, 11) is 3.08. The summed E-state index contributed by atoms with van der Waals surface area (Å²) in [5.74, 6) is 1.44. The van der Waals surface area contributed by atoms with Gasteiger partial charge in [-0.15, -0.1) is 0 Å². The fraction of sp³-hybridized carbons (Fsp3) is 0.200. The summed E-state index contributed by atoms with van der Waals surface area (Å²) in [6.45, 7) is 0.221. The molecule has 104 valence electrons. The molecule has 0 amide bonds. The van der Waals surface area contributed by atoms with E-state index in [0.717, 1.165) is 6.29 Å². The van der Waals surface area contributed by atoms with Gasteiger partial charge in [-0.2, -0.15) is 0 Å². The molecule has 2 aromatic rings. The van der Waals surface area contributed by atoms with Crippen molar-refractivity contribution in [3.8, 4) is 17.4 Å². The molecule has 0 atom stereocenters. The molecule has 2 rings (SSSR count). The number of aromatic nitrogens is 1. The van der Waals surface area contributed by atoms with Gasteiger partial charge in [0.2, 0.25) is 5.88 Å². The van der Waals surface area contributed by atoms with Gasteiger partial charge < -0.3 is 14.2 Å². The molecule has 0 bridgehead atoms. The molecule has 5 heteroatoms. The maximum absolute atomic E-state index is 11.0. The van der Waals surface area contributed by atoms with Crippen LogP contribution >= 0.6 is 0 Å². The van der Waals surface area contributed by atoms with E-state index in [0.29, 0.717) is 28.6 Å². The minimum absolute atomic E-state index is 0.221. The summed E-state index contributed by atoms with van der Waals surface area (Å²) in [5.41, 5.74) is 1.14. The molecule has 0 N–H and O–H groups in total. The Labute approximate surface area is 117 Å². The largest absolute Gasteiger partial charge is 0.493 e. The smallest absolute Gasteiger partial charge is 0.213 e. The van der Waals surface area contributed by atoms with Crippen LogP contribution in [-0.2, 0) is 6.61 Å². The van der Waals surface area contributed by atoms with Gasteiger partial charge in [0.25, 0.3) is 0 Å². The van der Waals surface area contributed by atoms with E-state index in [1.165, 1.54) is 7.11 Å². The first-order valence-electron chi connectivity index (χ1n) is 6.03. The minimum Gasteiger partial charge on any atom is -0.493 e. The summed E-state index contributed by atoms with van der Waals surface area (Å²) in [5, 5.41) is 0. The normalized spacial score (nSPS) is 9.90. The summed E-state index contributed by atoms with van der Waals surface area (Å²) in [4.78, 5) is 15.3. The number of nitrogens with zero attached hydrogens (tertiary/aromatic N) is 1. The lowest BCUT2D eigenvalue weighted by atomic mass is 10.2. The van der Waals surface area contributed by atoms with Gasteiger partial charge in [0, 0.05) is 6.07 Å². The van der Waals surface area contributed by atoms with E-state index in [2.05, 4.69) is 4.98 Å². The Morgan fingerprint density at radius 1 is 1.10 bits per heavy atom. The number of ether oxygens (including phenoxy) is 3. The minimum atomic E-state index is 0.221. The molecule has 0 spiro atoms. The summed E-state index contributed by atoms with van der Waals surface area (Å²) >= 11 is 0. The SMILES string of the molecule is COc1cccc(COc2c(C=O)cccc2OC)n1. The van der Waals surface area contributed by atoms with Gasteiger partial charge in [-0.3, -0.25) is 4.79 Å². The van der Waals surface area contributed by atoms with Crippen molar-refractivity contribution in [2.24, 2.45) is 0 Å². The summed E-state index contributed by atoms with van der Waals surface area (Å²) in [6, 6.07) is 10.5. The molecule has 20 heavy (non-hydrogen) atoms. The lowest BCUT2D eigenvalue weighted by Gasteiger charge is -2.12. The second kappa shape index (κ2) is 6.56. The van der Waals surface area contributed by atoms with E-state index in [-0.39, 0.29) is 6.61 Å². The third-order valence-corrected chi connectivity index (χ3v) is 2.71. The molecule has 5 nitrogen and oxygen atoms in total. The van der Waals surface area contributed by atoms with Crippen LogP contribution in [0.2, 0.25) is 0 Å². The number of hydrogen-bond donors (Lipinski definition) is 0. The number of rotatable bonds is 6. The molecule has 0 saturated heterocycles. The van der Waals surface area contributed by atoms with Gasteiger partial charge in [-0.25, -0.2) is 4.98 Å². The Balaban J connectivity index is 2.19. The van der Waals surface area contributed by atoms with Gasteiger partial charge in [-0.05, 0) is 18.2 Å². The van der Waals surface area contributed by atoms with Crippen LogP contribution in [0.15, 0.2) is 36.4 Å². The maximum atomic E-state index is 11.0. The van der Waals surface area contributed by atoms with Gasteiger partial charge in [0.05, 0.1) is 25.5 Å². The van der Waals surface area contributed by atoms with Gasteiger partial charge in [0.15, 0.2) is 17.8 Å². The van der Waals surface area contributed by atoms with Gasteiger partial charge in [0.1, 0.15) is 6.61 Å².